The molecule has 0 fully saturated rings. The summed E-state index contributed by atoms with van der Waals surface area (Å²) < 4.78 is 2.40. The molecule has 0 aliphatic rings. The highest BCUT2D eigenvalue weighted by molar-refractivity contribution is 5.87. The first-order chi connectivity index (χ1) is 8.95. The number of aromatic nitrogens is 5. The molecule has 9 nitrogen and oxygen atoms in total. The fourth-order valence-electron chi connectivity index (χ4n) is 1.54. The van der Waals surface area contributed by atoms with Crippen molar-refractivity contribution in [3.05, 3.63) is 18.0 Å². The van der Waals surface area contributed by atoms with E-state index in [2.05, 4.69) is 20.7 Å². The smallest absolute Gasteiger partial charge is 0.270 e. The van der Waals surface area contributed by atoms with Gasteiger partial charge in [-0.25, -0.2) is 4.68 Å². The average molecular weight is 263 g/mol. The van der Waals surface area contributed by atoms with Crippen molar-refractivity contribution >= 4 is 23.5 Å². The maximum Gasteiger partial charge on any atom is 0.270 e. The van der Waals surface area contributed by atoms with Crippen LogP contribution in [0.2, 0.25) is 0 Å². The Morgan fingerprint density at radius 3 is 2.79 bits per heavy atom. The molecule has 0 aromatic carbocycles. The third-order valence-electron chi connectivity index (χ3n) is 2.24. The van der Waals surface area contributed by atoms with Crippen LogP contribution in [0.4, 0.5) is 11.6 Å². The van der Waals surface area contributed by atoms with Gasteiger partial charge in [0, 0.05) is 13.0 Å². The molecule has 9 heteroatoms. The van der Waals surface area contributed by atoms with Crippen LogP contribution in [0.3, 0.4) is 0 Å². The van der Waals surface area contributed by atoms with Gasteiger partial charge in [0.25, 0.3) is 5.91 Å². The van der Waals surface area contributed by atoms with Gasteiger partial charge in [-0.2, -0.15) is 9.78 Å². The topological polar surface area (TPSA) is 121 Å². The highest BCUT2D eigenvalue weighted by Gasteiger charge is 2.12. The minimum Gasteiger partial charge on any atom is -0.383 e. The van der Waals surface area contributed by atoms with Gasteiger partial charge >= 0.3 is 0 Å². The van der Waals surface area contributed by atoms with Crippen LogP contribution < -0.4 is 11.1 Å². The van der Waals surface area contributed by atoms with E-state index in [4.69, 9.17) is 5.73 Å². The molecule has 2 aromatic rings. The molecule has 2 aromatic heterocycles. The minimum atomic E-state index is -0.343. The number of nitrogen functional groups attached to an aromatic ring is 1. The van der Waals surface area contributed by atoms with Crippen LogP contribution in [-0.4, -0.2) is 36.6 Å². The number of rotatable bonds is 3. The number of nitrogens with two attached hydrogens (primary N) is 1. The Morgan fingerprint density at radius 1 is 1.47 bits per heavy atom. The maximum atomic E-state index is 11.9. The van der Waals surface area contributed by atoms with Crippen LogP contribution in [-0.2, 0) is 11.3 Å². The van der Waals surface area contributed by atoms with Gasteiger partial charge in [-0.05, 0) is 6.92 Å². The molecule has 1 amide bonds. The summed E-state index contributed by atoms with van der Waals surface area (Å²) >= 11 is 0. The van der Waals surface area contributed by atoms with Crippen LogP contribution in [0.5, 0.6) is 0 Å². The first-order valence-electron chi connectivity index (χ1n) is 5.49. The van der Waals surface area contributed by atoms with Gasteiger partial charge in [-0.3, -0.25) is 9.59 Å². The lowest BCUT2D eigenvalue weighted by molar-refractivity contribution is -0.114. The predicted molar refractivity (Wildman–Crippen MR) is 66.3 cm³/mol. The van der Waals surface area contributed by atoms with Crippen molar-refractivity contribution in [2.24, 2.45) is 0 Å². The molecule has 100 valence electrons. The van der Waals surface area contributed by atoms with Crippen molar-refractivity contribution in [1.29, 1.82) is 0 Å². The number of nitrogens with one attached hydrogen (secondary N) is 1. The van der Waals surface area contributed by atoms with Gasteiger partial charge in [-0.1, -0.05) is 5.21 Å². The zero-order chi connectivity index (χ0) is 14.0. The number of hydrogen-bond donors (Lipinski definition) is 2. The van der Waals surface area contributed by atoms with E-state index < -0.39 is 0 Å². The lowest BCUT2D eigenvalue weighted by Gasteiger charge is -2.01. The Labute approximate surface area is 108 Å². The van der Waals surface area contributed by atoms with E-state index in [0.717, 1.165) is 4.68 Å². The van der Waals surface area contributed by atoms with E-state index in [0.29, 0.717) is 5.69 Å². The summed E-state index contributed by atoms with van der Waals surface area (Å²) in [5.41, 5.74) is 6.30. The molecule has 0 aliphatic carbocycles. The largest absolute Gasteiger partial charge is 0.383 e. The first-order valence-corrected chi connectivity index (χ1v) is 5.49. The maximum absolute atomic E-state index is 11.9. The zero-order valence-corrected chi connectivity index (χ0v) is 10.5. The van der Waals surface area contributed by atoms with Crippen molar-refractivity contribution in [3.63, 3.8) is 0 Å². The Balaban J connectivity index is 2.09. The molecule has 0 saturated carbocycles. The second-order valence-corrected chi connectivity index (χ2v) is 4.00. The lowest BCUT2D eigenvalue weighted by atomic mass is 10.5. The number of anilines is 2. The average Bonchev–Trinajstić information content (AvgIpc) is 2.84. The summed E-state index contributed by atoms with van der Waals surface area (Å²) in [6, 6.07) is 1.60. The molecule has 19 heavy (non-hydrogen) atoms. The van der Waals surface area contributed by atoms with Crippen LogP contribution >= 0.6 is 0 Å². The zero-order valence-electron chi connectivity index (χ0n) is 10.5. The summed E-state index contributed by atoms with van der Waals surface area (Å²) in [5, 5.41) is 13.9. The van der Waals surface area contributed by atoms with Crippen LogP contribution in [0.1, 0.15) is 17.4 Å². The van der Waals surface area contributed by atoms with Crippen molar-refractivity contribution in [2.45, 2.75) is 20.4 Å². The normalized spacial score (nSPS) is 10.4. The Morgan fingerprint density at radius 2 is 2.21 bits per heavy atom. The quantitative estimate of drug-likeness (QED) is 0.781. The summed E-state index contributed by atoms with van der Waals surface area (Å²) in [7, 11) is 0. The Hall–Kier alpha value is -2.71. The van der Waals surface area contributed by atoms with Gasteiger partial charge in [0.15, 0.2) is 5.82 Å². The molecule has 0 radical (unpaired) electrons. The van der Waals surface area contributed by atoms with Gasteiger partial charge in [0.1, 0.15) is 12.4 Å². The van der Waals surface area contributed by atoms with Gasteiger partial charge in [0.2, 0.25) is 5.91 Å². The molecule has 2 heterocycles. The molecule has 0 saturated heterocycles. The second kappa shape index (κ2) is 4.88. The van der Waals surface area contributed by atoms with Crippen LogP contribution in [0.15, 0.2) is 12.3 Å². The molecule has 2 rings (SSSR count). The fourth-order valence-corrected chi connectivity index (χ4v) is 1.54. The number of amides is 1. The van der Waals surface area contributed by atoms with Crippen molar-refractivity contribution in [2.75, 3.05) is 11.1 Å². The predicted octanol–water partition coefficient (Wildman–Crippen LogP) is -0.336. The Kier molecular flexibility index (Phi) is 3.27. The molecular formula is C10H13N7O2. The number of nitrogens with zero attached hydrogens (tertiary/aromatic N) is 5. The number of aryl methyl sites for hydroxylation is 1. The molecular weight excluding hydrogens is 250 g/mol. The van der Waals surface area contributed by atoms with Gasteiger partial charge < -0.3 is 11.1 Å². The molecule has 0 unspecified atom stereocenters. The van der Waals surface area contributed by atoms with Gasteiger partial charge in [-0.15, -0.1) is 5.10 Å². The Bertz CT molecular complexity index is 628. The molecule has 0 atom stereocenters. The van der Waals surface area contributed by atoms with Crippen LogP contribution in [0, 0.1) is 6.92 Å². The third kappa shape index (κ3) is 2.94. The summed E-state index contributed by atoms with van der Waals surface area (Å²) in [5.74, 6) is -0.0511. The van der Waals surface area contributed by atoms with E-state index in [9.17, 15) is 9.59 Å². The van der Waals surface area contributed by atoms with Crippen molar-refractivity contribution < 1.29 is 9.59 Å². The fraction of sp³-hybridized carbons (Fsp3) is 0.300. The second-order valence-electron chi connectivity index (χ2n) is 4.00. The van der Waals surface area contributed by atoms with Crippen LogP contribution in [0.25, 0.3) is 0 Å². The summed E-state index contributed by atoms with van der Waals surface area (Å²) in [6.45, 7) is 3.03. The number of carbonyl (C=O) groups is 2. The molecule has 0 spiro atoms. The monoisotopic (exact) mass is 263 g/mol. The lowest BCUT2D eigenvalue weighted by Crippen LogP contribution is -2.21. The van der Waals surface area contributed by atoms with E-state index in [-0.39, 0.29) is 30.0 Å². The van der Waals surface area contributed by atoms with Crippen molar-refractivity contribution in [3.8, 4) is 0 Å². The van der Waals surface area contributed by atoms with E-state index in [1.807, 2.05) is 0 Å². The van der Waals surface area contributed by atoms with E-state index in [1.165, 1.54) is 17.8 Å². The summed E-state index contributed by atoms with van der Waals surface area (Å²) in [4.78, 5) is 22.8. The molecule has 3 N–H and O–H groups in total. The number of carbonyl (C=O) groups excluding carboxylic acids is 2. The standard InChI is InChI=1S/C10H13N7O2/c1-6-3-8(11)17(14-6)10(19)5-16-4-9(13-15-16)12-7(2)18/h3-4H,5,11H2,1-2H3,(H,12,18). The highest BCUT2D eigenvalue weighted by Crippen LogP contribution is 2.06. The number of hydrogen-bond acceptors (Lipinski definition) is 6. The minimum absolute atomic E-state index is 0.0715. The summed E-state index contributed by atoms with van der Waals surface area (Å²) in [6.07, 6.45) is 1.45. The third-order valence-corrected chi connectivity index (χ3v) is 2.24. The molecule has 0 aliphatic heterocycles. The first kappa shape index (κ1) is 12.7. The van der Waals surface area contributed by atoms with E-state index in [1.54, 1.807) is 13.0 Å². The highest BCUT2D eigenvalue weighted by atomic mass is 16.2. The SMILES string of the molecule is CC(=O)Nc1cn(CC(=O)n2nc(C)cc2N)nn1. The van der Waals surface area contributed by atoms with E-state index >= 15 is 0 Å². The molecule has 0 bridgehead atoms. The van der Waals surface area contributed by atoms with Crippen molar-refractivity contribution in [1.82, 2.24) is 24.8 Å². The van der Waals surface area contributed by atoms with Gasteiger partial charge in [0.05, 0.1) is 11.9 Å².